The minimum atomic E-state index is 0.575. The number of hydrogen-bond donors (Lipinski definition) is 1. The van der Waals surface area contributed by atoms with Crippen LogP contribution in [0.15, 0.2) is 34.0 Å². The van der Waals surface area contributed by atoms with E-state index in [-0.39, 0.29) is 0 Å². The lowest BCUT2D eigenvalue weighted by atomic mass is 10.3. The monoisotopic (exact) mass is 261 g/mol. The van der Waals surface area contributed by atoms with Gasteiger partial charge in [0.25, 0.3) is 0 Å². The molecule has 0 saturated carbocycles. The summed E-state index contributed by atoms with van der Waals surface area (Å²) < 4.78 is 1.17. The van der Waals surface area contributed by atoms with E-state index in [1.165, 1.54) is 3.58 Å². The largest absolute Gasteiger partial charge is 0.306 e. The molecule has 0 amide bonds. The van der Waals surface area contributed by atoms with Crippen LogP contribution >= 0.6 is 22.6 Å². The number of nitrogens with one attached hydrogen (secondary N) is 1. The van der Waals surface area contributed by atoms with Gasteiger partial charge in [0.15, 0.2) is 0 Å². The van der Waals surface area contributed by atoms with Gasteiger partial charge in [0.1, 0.15) is 0 Å². The highest BCUT2D eigenvalue weighted by atomic mass is 127. The molecule has 0 fully saturated rings. The standard InChI is InChI=1S/C9H12IN/c1-3-5-9(10)7-4-6-8(2)11/h3-7,11H,1-2H3/b5-3-,6-4+,9-7+,11-8?. The molecule has 0 aromatic rings. The molecule has 11 heavy (non-hydrogen) atoms. The predicted octanol–water partition coefficient (Wildman–Crippen LogP) is 3.48. The average Bonchev–Trinajstić information content (AvgIpc) is 1.87. The number of halogens is 1. The van der Waals surface area contributed by atoms with Crippen molar-refractivity contribution in [2.45, 2.75) is 13.8 Å². The zero-order valence-electron chi connectivity index (χ0n) is 6.76. The van der Waals surface area contributed by atoms with Crippen LogP contribution in [0.3, 0.4) is 0 Å². The van der Waals surface area contributed by atoms with E-state index < -0.39 is 0 Å². The minimum Gasteiger partial charge on any atom is -0.306 e. The van der Waals surface area contributed by atoms with Crippen molar-refractivity contribution >= 4 is 28.3 Å². The maximum atomic E-state index is 7.10. The Balaban J connectivity index is 4.01. The quantitative estimate of drug-likeness (QED) is 0.457. The van der Waals surface area contributed by atoms with Gasteiger partial charge in [-0.3, -0.25) is 0 Å². The normalized spacial score (nSPS) is 13.2. The summed E-state index contributed by atoms with van der Waals surface area (Å²) in [5.74, 6) is 0. The molecule has 0 radical (unpaired) electrons. The van der Waals surface area contributed by atoms with Crippen molar-refractivity contribution in [3.8, 4) is 0 Å². The third kappa shape index (κ3) is 7.52. The molecule has 0 unspecified atom stereocenters. The topological polar surface area (TPSA) is 23.9 Å². The van der Waals surface area contributed by atoms with Crippen LogP contribution in [0.4, 0.5) is 0 Å². The third-order valence-corrected chi connectivity index (χ3v) is 1.65. The molecule has 1 N–H and O–H groups in total. The van der Waals surface area contributed by atoms with Gasteiger partial charge in [-0.25, -0.2) is 0 Å². The minimum absolute atomic E-state index is 0.575. The smallest absolute Gasteiger partial charge is 0.0282 e. The molecule has 1 nitrogen and oxygen atoms in total. The summed E-state index contributed by atoms with van der Waals surface area (Å²) in [6, 6.07) is 0. The molecule has 0 aliphatic carbocycles. The van der Waals surface area contributed by atoms with Crippen LogP contribution in [0.1, 0.15) is 13.8 Å². The number of rotatable bonds is 3. The highest BCUT2D eigenvalue weighted by Crippen LogP contribution is 2.06. The first-order valence-corrected chi connectivity index (χ1v) is 4.46. The summed E-state index contributed by atoms with van der Waals surface area (Å²) in [4.78, 5) is 0. The van der Waals surface area contributed by atoms with Gasteiger partial charge in [-0.15, -0.1) is 0 Å². The fourth-order valence-corrected chi connectivity index (χ4v) is 1.07. The Kier molecular flexibility index (Phi) is 6.12. The van der Waals surface area contributed by atoms with Crippen LogP contribution in [-0.2, 0) is 0 Å². The van der Waals surface area contributed by atoms with Gasteiger partial charge in [-0.2, -0.15) is 0 Å². The van der Waals surface area contributed by atoms with E-state index in [0.29, 0.717) is 5.71 Å². The highest BCUT2D eigenvalue weighted by Gasteiger charge is 1.78. The molecule has 0 bridgehead atoms. The van der Waals surface area contributed by atoms with Crippen LogP contribution in [0, 0.1) is 5.41 Å². The molecule has 0 aliphatic heterocycles. The molecule has 0 aromatic heterocycles. The van der Waals surface area contributed by atoms with Crippen LogP contribution in [0.25, 0.3) is 0 Å². The van der Waals surface area contributed by atoms with E-state index in [0.717, 1.165) is 0 Å². The van der Waals surface area contributed by atoms with E-state index in [1.54, 1.807) is 13.0 Å². The lowest BCUT2D eigenvalue weighted by Gasteiger charge is -1.83. The van der Waals surface area contributed by atoms with Crippen LogP contribution in [0.5, 0.6) is 0 Å². The maximum Gasteiger partial charge on any atom is 0.0282 e. The van der Waals surface area contributed by atoms with Gasteiger partial charge < -0.3 is 5.41 Å². The maximum absolute atomic E-state index is 7.10. The zero-order chi connectivity index (χ0) is 8.69. The number of hydrogen-bond acceptors (Lipinski definition) is 1. The van der Waals surface area contributed by atoms with Gasteiger partial charge in [0.2, 0.25) is 0 Å². The lowest BCUT2D eigenvalue weighted by molar-refractivity contribution is 1.50. The SMILES string of the molecule is C\C=C/C(I)=C\C=C\C(C)=N. The Morgan fingerprint density at radius 1 is 1.36 bits per heavy atom. The van der Waals surface area contributed by atoms with Crippen molar-refractivity contribution in [3.63, 3.8) is 0 Å². The molecule has 2 heteroatoms. The number of allylic oxidation sites excluding steroid dienone is 6. The molecule has 0 aliphatic rings. The Morgan fingerprint density at radius 2 is 2.00 bits per heavy atom. The van der Waals surface area contributed by atoms with E-state index in [4.69, 9.17) is 5.41 Å². The fourth-order valence-electron chi connectivity index (χ4n) is 0.499. The second kappa shape index (κ2) is 6.34. The van der Waals surface area contributed by atoms with E-state index in [1.807, 2.05) is 31.2 Å². The van der Waals surface area contributed by atoms with Gasteiger partial charge >= 0.3 is 0 Å². The Bertz CT molecular complexity index is 212. The summed E-state index contributed by atoms with van der Waals surface area (Å²) in [6.07, 6.45) is 9.62. The van der Waals surface area contributed by atoms with Crippen molar-refractivity contribution in [1.29, 1.82) is 5.41 Å². The summed E-state index contributed by atoms with van der Waals surface area (Å²) in [7, 11) is 0. The van der Waals surface area contributed by atoms with Crippen molar-refractivity contribution in [2.24, 2.45) is 0 Å². The van der Waals surface area contributed by atoms with Gasteiger partial charge in [0, 0.05) is 9.29 Å². The predicted molar refractivity (Wildman–Crippen MR) is 59.5 cm³/mol. The van der Waals surface area contributed by atoms with Gasteiger partial charge in [0.05, 0.1) is 0 Å². The fraction of sp³-hybridized carbons (Fsp3) is 0.222. The Hall–Kier alpha value is -0.380. The van der Waals surface area contributed by atoms with E-state index in [9.17, 15) is 0 Å². The van der Waals surface area contributed by atoms with Crippen LogP contribution in [-0.4, -0.2) is 5.71 Å². The van der Waals surface area contributed by atoms with Crippen molar-refractivity contribution in [2.75, 3.05) is 0 Å². The Labute approximate surface area is 81.5 Å². The molecule has 0 heterocycles. The summed E-state index contributed by atoms with van der Waals surface area (Å²) >= 11 is 2.24. The van der Waals surface area contributed by atoms with Gasteiger partial charge in [-0.1, -0.05) is 18.2 Å². The zero-order valence-corrected chi connectivity index (χ0v) is 8.92. The first-order valence-electron chi connectivity index (χ1n) is 3.38. The summed E-state index contributed by atoms with van der Waals surface area (Å²) in [5.41, 5.74) is 0.575. The van der Waals surface area contributed by atoms with Crippen molar-refractivity contribution in [1.82, 2.24) is 0 Å². The molecule has 0 aromatic carbocycles. The molecule has 0 saturated heterocycles. The molecular formula is C9H12IN. The van der Waals surface area contributed by atoms with Crippen molar-refractivity contribution in [3.05, 3.63) is 34.0 Å². The summed E-state index contributed by atoms with van der Waals surface area (Å²) in [5, 5.41) is 7.10. The molecular weight excluding hydrogens is 249 g/mol. The Morgan fingerprint density at radius 3 is 2.45 bits per heavy atom. The second-order valence-corrected chi connectivity index (χ2v) is 3.34. The lowest BCUT2D eigenvalue weighted by Crippen LogP contribution is -1.75. The summed E-state index contributed by atoms with van der Waals surface area (Å²) in [6.45, 7) is 3.74. The van der Waals surface area contributed by atoms with Gasteiger partial charge in [-0.05, 0) is 48.6 Å². The van der Waals surface area contributed by atoms with Crippen LogP contribution in [0.2, 0.25) is 0 Å². The first kappa shape index (κ1) is 10.6. The molecule has 60 valence electrons. The average molecular weight is 261 g/mol. The van der Waals surface area contributed by atoms with Crippen LogP contribution < -0.4 is 0 Å². The first-order chi connectivity index (χ1) is 5.16. The van der Waals surface area contributed by atoms with Crippen molar-refractivity contribution < 1.29 is 0 Å². The third-order valence-electron chi connectivity index (χ3n) is 0.928. The second-order valence-electron chi connectivity index (χ2n) is 2.09. The molecule has 0 rings (SSSR count). The highest BCUT2D eigenvalue weighted by molar-refractivity contribution is 14.1. The van der Waals surface area contributed by atoms with E-state index >= 15 is 0 Å². The molecule has 0 spiro atoms. The van der Waals surface area contributed by atoms with E-state index in [2.05, 4.69) is 22.6 Å². The molecule has 0 atom stereocenters.